The number of hydrogen-bond donors (Lipinski definition) is 1. The summed E-state index contributed by atoms with van der Waals surface area (Å²) < 4.78 is 14.5. The summed E-state index contributed by atoms with van der Waals surface area (Å²) in [6.45, 7) is 0.402. The van der Waals surface area contributed by atoms with Crippen molar-refractivity contribution in [3.63, 3.8) is 0 Å². The van der Waals surface area contributed by atoms with E-state index in [2.05, 4.69) is 10.3 Å². The first-order chi connectivity index (χ1) is 11.0. The molecule has 0 saturated heterocycles. The molecule has 0 bridgehead atoms. The Morgan fingerprint density at radius 2 is 2.13 bits per heavy atom. The number of pyridine rings is 1. The van der Waals surface area contributed by atoms with Crippen LogP contribution in [0.3, 0.4) is 0 Å². The minimum absolute atomic E-state index is 0.200. The molecule has 1 amide bonds. The first-order valence-corrected chi connectivity index (χ1v) is 7.95. The molecule has 0 saturated carbocycles. The molecule has 2 heterocycles. The Hall–Kier alpha value is -2.47. The number of benzene rings is 1. The molecule has 0 aliphatic heterocycles. The lowest BCUT2D eigenvalue weighted by molar-refractivity contribution is 0.0955. The second-order valence-corrected chi connectivity index (χ2v) is 6.45. The summed E-state index contributed by atoms with van der Waals surface area (Å²) in [7, 11) is 3.83. The van der Waals surface area contributed by atoms with E-state index in [1.165, 1.54) is 17.4 Å². The predicted molar refractivity (Wildman–Crippen MR) is 91.5 cm³/mol. The highest BCUT2D eigenvalue weighted by molar-refractivity contribution is 7.20. The molecule has 23 heavy (non-hydrogen) atoms. The number of hydrogen-bond acceptors (Lipinski definition) is 4. The quantitative estimate of drug-likeness (QED) is 0.797. The van der Waals surface area contributed by atoms with Crippen LogP contribution in [0.15, 0.2) is 42.6 Å². The van der Waals surface area contributed by atoms with E-state index in [-0.39, 0.29) is 11.7 Å². The molecule has 0 fully saturated rings. The van der Waals surface area contributed by atoms with Gasteiger partial charge >= 0.3 is 0 Å². The number of fused-ring (bicyclic) bond motifs is 1. The third-order valence-corrected chi connectivity index (χ3v) is 4.55. The number of halogens is 1. The maximum atomic E-state index is 13.7. The van der Waals surface area contributed by atoms with Gasteiger partial charge in [-0.15, -0.1) is 11.3 Å². The largest absolute Gasteiger partial charge is 0.363 e. The van der Waals surface area contributed by atoms with Crippen molar-refractivity contribution in [1.29, 1.82) is 0 Å². The topological polar surface area (TPSA) is 45.2 Å². The molecule has 1 N–H and O–H groups in total. The van der Waals surface area contributed by atoms with Gasteiger partial charge in [-0.2, -0.15) is 0 Å². The van der Waals surface area contributed by atoms with E-state index in [1.807, 2.05) is 37.2 Å². The number of carbonyl (C=O) groups excluding carboxylic acids is 1. The lowest BCUT2D eigenvalue weighted by atomic mass is 10.2. The van der Waals surface area contributed by atoms with E-state index in [4.69, 9.17) is 0 Å². The first kappa shape index (κ1) is 15.4. The molecule has 0 atom stereocenters. The van der Waals surface area contributed by atoms with E-state index in [0.29, 0.717) is 16.8 Å². The Morgan fingerprint density at radius 1 is 1.30 bits per heavy atom. The van der Waals surface area contributed by atoms with E-state index in [1.54, 1.807) is 18.3 Å². The summed E-state index contributed by atoms with van der Waals surface area (Å²) in [5.41, 5.74) is 0.962. The molecule has 118 valence electrons. The van der Waals surface area contributed by atoms with Gasteiger partial charge in [0.15, 0.2) is 0 Å². The van der Waals surface area contributed by atoms with Gasteiger partial charge in [0.05, 0.1) is 4.88 Å². The molecule has 3 rings (SSSR count). The monoisotopic (exact) mass is 329 g/mol. The van der Waals surface area contributed by atoms with Crippen LogP contribution < -0.4 is 10.2 Å². The first-order valence-electron chi connectivity index (χ1n) is 7.13. The van der Waals surface area contributed by atoms with E-state index >= 15 is 0 Å². The summed E-state index contributed by atoms with van der Waals surface area (Å²) in [5, 5.41) is 3.35. The molecule has 3 aromatic rings. The third-order valence-electron chi connectivity index (χ3n) is 3.45. The number of thiophene rings is 1. The molecule has 0 aliphatic rings. The van der Waals surface area contributed by atoms with Crippen molar-refractivity contribution in [2.45, 2.75) is 6.54 Å². The van der Waals surface area contributed by atoms with Gasteiger partial charge in [-0.25, -0.2) is 9.37 Å². The van der Waals surface area contributed by atoms with Crippen LogP contribution in [0, 0.1) is 5.82 Å². The zero-order valence-electron chi connectivity index (χ0n) is 12.8. The van der Waals surface area contributed by atoms with Crippen molar-refractivity contribution in [3.8, 4) is 0 Å². The Balaban J connectivity index is 1.73. The normalized spacial score (nSPS) is 10.7. The van der Waals surface area contributed by atoms with Gasteiger partial charge in [-0.1, -0.05) is 6.07 Å². The van der Waals surface area contributed by atoms with Crippen molar-refractivity contribution in [1.82, 2.24) is 10.3 Å². The minimum atomic E-state index is -0.303. The number of amides is 1. The fourth-order valence-electron chi connectivity index (χ4n) is 2.22. The van der Waals surface area contributed by atoms with Crippen molar-refractivity contribution in [2.75, 3.05) is 19.0 Å². The number of aromatic nitrogens is 1. The van der Waals surface area contributed by atoms with E-state index in [9.17, 15) is 9.18 Å². The second kappa shape index (κ2) is 6.34. The predicted octanol–water partition coefficient (Wildman–Crippen LogP) is 3.43. The summed E-state index contributed by atoms with van der Waals surface area (Å²) in [6, 6.07) is 10.2. The average Bonchev–Trinajstić information content (AvgIpc) is 2.98. The molecule has 0 aliphatic carbocycles. The number of nitrogens with one attached hydrogen (secondary N) is 1. The number of nitrogens with zero attached hydrogens (tertiary/aromatic N) is 2. The highest BCUT2D eigenvalue weighted by atomic mass is 32.1. The number of anilines is 1. The lowest BCUT2D eigenvalue weighted by Gasteiger charge is -2.12. The van der Waals surface area contributed by atoms with Crippen molar-refractivity contribution < 1.29 is 9.18 Å². The van der Waals surface area contributed by atoms with Crippen LogP contribution in [-0.4, -0.2) is 25.0 Å². The van der Waals surface area contributed by atoms with Crippen LogP contribution >= 0.6 is 11.3 Å². The summed E-state index contributed by atoms with van der Waals surface area (Å²) in [5.74, 6) is 0.331. The van der Waals surface area contributed by atoms with Gasteiger partial charge in [0.1, 0.15) is 11.6 Å². The average molecular weight is 329 g/mol. The van der Waals surface area contributed by atoms with Gasteiger partial charge in [-0.3, -0.25) is 4.79 Å². The summed E-state index contributed by atoms with van der Waals surface area (Å²) >= 11 is 1.29. The van der Waals surface area contributed by atoms with E-state index < -0.39 is 0 Å². The SMILES string of the molecule is CN(C)c1cc(CNC(=O)c2cc3c(F)cccc3s2)ccn1. The second-order valence-electron chi connectivity index (χ2n) is 5.36. The Morgan fingerprint density at radius 3 is 2.87 bits per heavy atom. The molecule has 4 nitrogen and oxygen atoms in total. The van der Waals surface area contributed by atoms with E-state index in [0.717, 1.165) is 16.1 Å². The Labute approximate surface area is 137 Å². The zero-order chi connectivity index (χ0) is 16.4. The maximum Gasteiger partial charge on any atom is 0.261 e. The van der Waals surface area contributed by atoms with Gasteiger partial charge in [-0.05, 0) is 35.9 Å². The van der Waals surface area contributed by atoms with Crippen molar-refractivity contribution in [3.05, 3.63) is 58.9 Å². The highest BCUT2D eigenvalue weighted by Crippen LogP contribution is 2.27. The Kier molecular flexibility index (Phi) is 4.25. The minimum Gasteiger partial charge on any atom is -0.363 e. The zero-order valence-corrected chi connectivity index (χ0v) is 13.7. The molecule has 6 heteroatoms. The molecule has 1 aromatic carbocycles. The van der Waals surface area contributed by atoms with Gasteiger partial charge < -0.3 is 10.2 Å². The van der Waals surface area contributed by atoms with Gasteiger partial charge in [0.25, 0.3) is 5.91 Å². The Bertz CT molecular complexity index is 860. The maximum absolute atomic E-state index is 13.7. The van der Waals surface area contributed by atoms with Crippen molar-refractivity contribution >= 4 is 33.1 Å². The molecule has 0 radical (unpaired) electrons. The fraction of sp³-hybridized carbons (Fsp3) is 0.176. The molecule has 0 unspecified atom stereocenters. The van der Waals surface area contributed by atoms with Crippen LogP contribution in [-0.2, 0) is 6.54 Å². The number of rotatable bonds is 4. The smallest absolute Gasteiger partial charge is 0.261 e. The highest BCUT2D eigenvalue weighted by Gasteiger charge is 2.12. The summed E-state index contributed by atoms with van der Waals surface area (Å²) in [6.07, 6.45) is 1.71. The van der Waals surface area contributed by atoms with Crippen LogP contribution in [0.5, 0.6) is 0 Å². The lowest BCUT2D eigenvalue weighted by Crippen LogP contribution is -2.22. The third kappa shape index (κ3) is 3.32. The molecule has 0 spiro atoms. The van der Waals surface area contributed by atoms with Crippen LogP contribution in [0.1, 0.15) is 15.2 Å². The summed E-state index contributed by atoms with van der Waals surface area (Å²) in [4.78, 5) is 18.9. The molecule has 2 aromatic heterocycles. The van der Waals surface area contributed by atoms with Crippen LogP contribution in [0.25, 0.3) is 10.1 Å². The molecular formula is C17H16FN3OS. The van der Waals surface area contributed by atoms with Crippen molar-refractivity contribution in [2.24, 2.45) is 0 Å². The van der Waals surface area contributed by atoms with Gasteiger partial charge in [0, 0.05) is 36.9 Å². The standard InChI is InChI=1S/C17H16FN3OS/c1-21(2)16-8-11(6-7-19-16)10-20-17(22)15-9-12-13(18)4-3-5-14(12)23-15/h3-9H,10H2,1-2H3,(H,20,22). The van der Waals surface area contributed by atoms with Crippen LogP contribution in [0.4, 0.5) is 10.2 Å². The fourth-order valence-corrected chi connectivity index (χ4v) is 3.21. The number of carbonyl (C=O) groups is 1. The molecular weight excluding hydrogens is 313 g/mol. The van der Waals surface area contributed by atoms with Gasteiger partial charge in [0.2, 0.25) is 0 Å². The van der Waals surface area contributed by atoms with Crippen LogP contribution in [0.2, 0.25) is 0 Å².